The third-order valence-electron chi connectivity index (χ3n) is 4.67. The van der Waals surface area contributed by atoms with E-state index in [1.54, 1.807) is 0 Å². The molecule has 0 radical (unpaired) electrons. The summed E-state index contributed by atoms with van der Waals surface area (Å²) >= 11 is 2.16. The first-order chi connectivity index (χ1) is 8.64. The standard InChI is InChI=1S/C14H27N3S/c1-14(2)7-12(10-18-11-14)17-8-13(9-17)16-5-3-15-4-6-16/h12-13,15H,3-11H2,1-2H3. The molecule has 0 bridgehead atoms. The van der Waals surface area contributed by atoms with E-state index >= 15 is 0 Å². The lowest BCUT2D eigenvalue weighted by atomic mass is 9.86. The minimum atomic E-state index is 0.549. The fraction of sp³-hybridized carbons (Fsp3) is 1.00. The summed E-state index contributed by atoms with van der Waals surface area (Å²) in [5, 5.41) is 3.44. The molecule has 1 atom stereocenters. The first-order valence-electron chi connectivity index (χ1n) is 7.41. The second kappa shape index (κ2) is 5.31. The van der Waals surface area contributed by atoms with Gasteiger partial charge in [0.15, 0.2) is 0 Å². The van der Waals surface area contributed by atoms with Gasteiger partial charge in [0, 0.05) is 57.1 Å². The molecule has 3 fully saturated rings. The molecule has 3 aliphatic rings. The highest BCUT2D eigenvalue weighted by Gasteiger charge is 2.39. The monoisotopic (exact) mass is 269 g/mol. The van der Waals surface area contributed by atoms with Gasteiger partial charge in [-0.15, -0.1) is 0 Å². The molecule has 0 spiro atoms. The van der Waals surface area contributed by atoms with E-state index in [9.17, 15) is 0 Å². The molecule has 3 rings (SSSR count). The van der Waals surface area contributed by atoms with Crippen LogP contribution in [-0.2, 0) is 0 Å². The van der Waals surface area contributed by atoms with Crippen molar-refractivity contribution in [1.82, 2.24) is 15.1 Å². The topological polar surface area (TPSA) is 18.5 Å². The van der Waals surface area contributed by atoms with Crippen LogP contribution >= 0.6 is 11.8 Å². The van der Waals surface area contributed by atoms with Crippen LogP contribution in [0.15, 0.2) is 0 Å². The van der Waals surface area contributed by atoms with Crippen molar-refractivity contribution in [2.24, 2.45) is 5.41 Å². The minimum Gasteiger partial charge on any atom is -0.314 e. The summed E-state index contributed by atoms with van der Waals surface area (Å²) in [7, 11) is 0. The molecule has 18 heavy (non-hydrogen) atoms. The molecule has 3 nitrogen and oxygen atoms in total. The first-order valence-corrected chi connectivity index (χ1v) is 8.56. The number of hydrogen-bond acceptors (Lipinski definition) is 4. The normalized spacial score (nSPS) is 35.3. The molecule has 3 heterocycles. The van der Waals surface area contributed by atoms with Crippen molar-refractivity contribution in [3.05, 3.63) is 0 Å². The number of likely N-dealkylation sites (tertiary alicyclic amines) is 1. The van der Waals surface area contributed by atoms with Gasteiger partial charge in [0.05, 0.1) is 0 Å². The SMILES string of the molecule is CC1(C)CSCC(N2CC(N3CCNCC3)C2)C1. The molecule has 0 saturated carbocycles. The number of nitrogens with one attached hydrogen (secondary N) is 1. The molecule has 4 heteroatoms. The average molecular weight is 269 g/mol. The summed E-state index contributed by atoms with van der Waals surface area (Å²) in [6, 6.07) is 1.69. The summed E-state index contributed by atoms with van der Waals surface area (Å²) in [4.78, 5) is 5.43. The number of hydrogen-bond donors (Lipinski definition) is 1. The number of piperazine rings is 1. The van der Waals surface area contributed by atoms with Crippen LogP contribution < -0.4 is 5.32 Å². The average Bonchev–Trinajstić information content (AvgIpc) is 2.27. The highest BCUT2D eigenvalue weighted by atomic mass is 32.2. The van der Waals surface area contributed by atoms with Gasteiger partial charge in [0.2, 0.25) is 0 Å². The van der Waals surface area contributed by atoms with Crippen molar-refractivity contribution in [3.63, 3.8) is 0 Å². The Bertz CT molecular complexity index is 283. The quantitative estimate of drug-likeness (QED) is 0.809. The lowest BCUT2D eigenvalue weighted by Crippen LogP contribution is -2.65. The number of nitrogens with zero attached hydrogens (tertiary/aromatic N) is 2. The molecule has 0 amide bonds. The van der Waals surface area contributed by atoms with Gasteiger partial charge < -0.3 is 5.32 Å². The molecule has 0 aliphatic carbocycles. The van der Waals surface area contributed by atoms with Crippen LogP contribution in [0, 0.1) is 5.41 Å². The van der Waals surface area contributed by atoms with Crippen molar-refractivity contribution >= 4 is 11.8 Å². The molecule has 1 N–H and O–H groups in total. The Morgan fingerprint density at radius 3 is 2.44 bits per heavy atom. The maximum Gasteiger partial charge on any atom is 0.0351 e. The third kappa shape index (κ3) is 2.87. The lowest BCUT2D eigenvalue weighted by Gasteiger charge is -2.52. The fourth-order valence-corrected chi connectivity index (χ4v) is 4.91. The Kier molecular flexibility index (Phi) is 3.90. The Labute approximate surface area is 116 Å². The Morgan fingerprint density at radius 2 is 1.78 bits per heavy atom. The van der Waals surface area contributed by atoms with Crippen LogP contribution in [0.5, 0.6) is 0 Å². The van der Waals surface area contributed by atoms with E-state index in [0.29, 0.717) is 5.41 Å². The van der Waals surface area contributed by atoms with Crippen molar-refractivity contribution < 1.29 is 0 Å². The molecule has 1 unspecified atom stereocenters. The van der Waals surface area contributed by atoms with Gasteiger partial charge in [-0.2, -0.15) is 11.8 Å². The van der Waals surface area contributed by atoms with Crippen LogP contribution in [-0.4, -0.2) is 72.7 Å². The molecule has 0 aromatic carbocycles. The van der Waals surface area contributed by atoms with E-state index in [2.05, 4.69) is 40.7 Å². The molecular formula is C14H27N3S. The predicted octanol–water partition coefficient (Wildman–Crippen LogP) is 1.11. The van der Waals surface area contributed by atoms with Crippen LogP contribution in [0.4, 0.5) is 0 Å². The zero-order chi connectivity index (χ0) is 12.6. The first kappa shape index (κ1) is 13.2. The lowest BCUT2D eigenvalue weighted by molar-refractivity contribution is -0.00524. The molecular weight excluding hydrogens is 242 g/mol. The zero-order valence-corrected chi connectivity index (χ0v) is 12.6. The highest BCUT2D eigenvalue weighted by Crippen LogP contribution is 2.37. The van der Waals surface area contributed by atoms with Crippen LogP contribution in [0.2, 0.25) is 0 Å². The van der Waals surface area contributed by atoms with Gasteiger partial charge in [-0.1, -0.05) is 13.8 Å². The van der Waals surface area contributed by atoms with E-state index in [-0.39, 0.29) is 0 Å². The van der Waals surface area contributed by atoms with Gasteiger partial charge in [-0.05, 0) is 17.6 Å². The van der Waals surface area contributed by atoms with Gasteiger partial charge in [0.25, 0.3) is 0 Å². The summed E-state index contributed by atoms with van der Waals surface area (Å²) in [6.07, 6.45) is 1.40. The van der Waals surface area contributed by atoms with Crippen LogP contribution in [0.3, 0.4) is 0 Å². The van der Waals surface area contributed by atoms with E-state index in [1.165, 1.54) is 57.2 Å². The maximum absolute atomic E-state index is 3.44. The summed E-state index contributed by atoms with van der Waals surface area (Å²) in [5.41, 5.74) is 0.549. The van der Waals surface area contributed by atoms with Gasteiger partial charge in [-0.25, -0.2) is 0 Å². The van der Waals surface area contributed by atoms with Crippen molar-refractivity contribution in [3.8, 4) is 0 Å². The third-order valence-corrected chi connectivity index (χ3v) is 6.27. The smallest absolute Gasteiger partial charge is 0.0351 e. The Balaban J connectivity index is 1.46. The van der Waals surface area contributed by atoms with Gasteiger partial charge >= 0.3 is 0 Å². The van der Waals surface area contributed by atoms with E-state index in [1.807, 2.05) is 0 Å². The fourth-order valence-electron chi connectivity index (χ4n) is 3.53. The van der Waals surface area contributed by atoms with Crippen LogP contribution in [0.1, 0.15) is 20.3 Å². The van der Waals surface area contributed by atoms with Crippen molar-refractivity contribution in [2.45, 2.75) is 32.4 Å². The second-order valence-corrected chi connectivity index (χ2v) is 7.96. The number of thioether (sulfide) groups is 1. The molecule has 3 saturated heterocycles. The summed E-state index contributed by atoms with van der Waals surface area (Å²) < 4.78 is 0. The summed E-state index contributed by atoms with van der Waals surface area (Å²) in [5.74, 6) is 2.70. The van der Waals surface area contributed by atoms with Crippen LogP contribution in [0.25, 0.3) is 0 Å². The number of rotatable bonds is 2. The van der Waals surface area contributed by atoms with E-state index in [0.717, 1.165) is 12.1 Å². The van der Waals surface area contributed by atoms with E-state index in [4.69, 9.17) is 0 Å². The Morgan fingerprint density at radius 1 is 1.06 bits per heavy atom. The zero-order valence-electron chi connectivity index (χ0n) is 11.8. The highest BCUT2D eigenvalue weighted by molar-refractivity contribution is 7.99. The predicted molar refractivity (Wildman–Crippen MR) is 79.3 cm³/mol. The van der Waals surface area contributed by atoms with Crippen molar-refractivity contribution in [2.75, 3.05) is 50.8 Å². The summed E-state index contributed by atoms with van der Waals surface area (Å²) in [6.45, 7) is 12.4. The van der Waals surface area contributed by atoms with Crippen molar-refractivity contribution in [1.29, 1.82) is 0 Å². The molecule has 104 valence electrons. The molecule has 0 aromatic heterocycles. The Hall–Kier alpha value is 0.230. The van der Waals surface area contributed by atoms with Gasteiger partial charge in [-0.3, -0.25) is 9.80 Å². The second-order valence-electron chi connectivity index (χ2n) is 6.93. The maximum atomic E-state index is 3.44. The van der Waals surface area contributed by atoms with E-state index < -0.39 is 0 Å². The molecule has 3 aliphatic heterocycles. The largest absolute Gasteiger partial charge is 0.314 e. The molecule has 0 aromatic rings. The van der Waals surface area contributed by atoms with Gasteiger partial charge in [0.1, 0.15) is 0 Å². The minimum absolute atomic E-state index is 0.549.